The predicted molar refractivity (Wildman–Crippen MR) is 102 cm³/mol. The Hall–Kier alpha value is -2.61. The summed E-state index contributed by atoms with van der Waals surface area (Å²) in [4.78, 5) is 38.8. The van der Waals surface area contributed by atoms with Gasteiger partial charge in [-0.05, 0) is 43.5 Å². The van der Waals surface area contributed by atoms with Crippen LogP contribution in [0.5, 0.6) is 5.75 Å². The van der Waals surface area contributed by atoms with E-state index in [4.69, 9.17) is 14.6 Å². The quantitative estimate of drug-likeness (QED) is 0.676. The minimum absolute atomic E-state index is 0.0725. The molecule has 1 aliphatic heterocycles. The van der Waals surface area contributed by atoms with Gasteiger partial charge in [-0.1, -0.05) is 0 Å². The lowest BCUT2D eigenvalue weighted by molar-refractivity contribution is -0.145. The molecule has 0 bridgehead atoms. The maximum atomic E-state index is 12.8. The number of carboxylic acids is 1. The van der Waals surface area contributed by atoms with Crippen LogP contribution in [0.2, 0.25) is 0 Å². The van der Waals surface area contributed by atoms with Gasteiger partial charge in [0.05, 0.1) is 6.61 Å². The Morgan fingerprint density at radius 1 is 1.14 bits per heavy atom. The van der Waals surface area contributed by atoms with Gasteiger partial charge in [-0.15, -0.1) is 0 Å². The van der Waals surface area contributed by atoms with Crippen LogP contribution in [0.4, 0.5) is 0 Å². The van der Waals surface area contributed by atoms with Crippen molar-refractivity contribution in [1.82, 2.24) is 9.80 Å². The summed E-state index contributed by atoms with van der Waals surface area (Å²) in [5.41, 5.74) is 0.575. The molecule has 1 N–H and O–H groups in total. The van der Waals surface area contributed by atoms with Gasteiger partial charge in [0.15, 0.2) is 0 Å². The largest absolute Gasteiger partial charge is 0.491 e. The van der Waals surface area contributed by atoms with E-state index in [2.05, 4.69) is 0 Å². The normalized spacial score (nSPS) is 16.9. The van der Waals surface area contributed by atoms with Crippen LogP contribution in [0.25, 0.3) is 0 Å². The van der Waals surface area contributed by atoms with Crippen molar-refractivity contribution in [1.29, 1.82) is 0 Å². The summed E-state index contributed by atoms with van der Waals surface area (Å²) in [7, 11) is 1.61. The fraction of sp³-hybridized carbons (Fsp3) is 0.550. The van der Waals surface area contributed by atoms with E-state index < -0.39 is 5.97 Å². The number of carboxylic acid groups (broad SMARTS) is 1. The van der Waals surface area contributed by atoms with E-state index in [0.29, 0.717) is 50.5 Å². The first kappa shape index (κ1) is 21.7. The molecule has 0 aromatic heterocycles. The second kappa shape index (κ2) is 10.7. The maximum Gasteiger partial charge on any atom is 0.323 e. The first-order valence-corrected chi connectivity index (χ1v) is 9.42. The summed E-state index contributed by atoms with van der Waals surface area (Å²) in [5.74, 6) is -0.677. The first-order chi connectivity index (χ1) is 13.4. The van der Waals surface area contributed by atoms with Crippen LogP contribution in [-0.4, -0.2) is 78.7 Å². The highest BCUT2D eigenvalue weighted by Crippen LogP contribution is 2.20. The first-order valence-electron chi connectivity index (χ1n) is 9.42. The van der Waals surface area contributed by atoms with E-state index in [9.17, 15) is 14.4 Å². The molecule has 2 amide bonds. The zero-order valence-corrected chi connectivity index (χ0v) is 16.4. The summed E-state index contributed by atoms with van der Waals surface area (Å²) in [6, 6.07) is 6.82. The van der Waals surface area contributed by atoms with Crippen LogP contribution in [0.3, 0.4) is 0 Å². The minimum Gasteiger partial charge on any atom is -0.491 e. The van der Waals surface area contributed by atoms with Crippen molar-refractivity contribution < 1.29 is 29.0 Å². The molecule has 1 heterocycles. The van der Waals surface area contributed by atoms with Crippen molar-refractivity contribution in [2.75, 3.05) is 40.0 Å². The van der Waals surface area contributed by atoms with Crippen molar-refractivity contribution in [3.8, 4) is 5.75 Å². The van der Waals surface area contributed by atoms with Gasteiger partial charge < -0.3 is 24.4 Å². The standard InChI is InChI=1S/C20H28N2O6/c1-15(23)22(14-19(24)25)17-4-3-10-21(11-9-17)20(26)16-5-7-18(8-6-16)28-13-12-27-2/h5-8,17H,3-4,9-14H2,1-2H3,(H,24,25). The smallest absolute Gasteiger partial charge is 0.323 e. The number of ether oxygens (including phenoxy) is 2. The van der Waals surface area contributed by atoms with Crippen molar-refractivity contribution in [2.24, 2.45) is 0 Å². The molecule has 8 nitrogen and oxygen atoms in total. The predicted octanol–water partition coefficient (Wildman–Crippen LogP) is 1.64. The topological polar surface area (TPSA) is 96.4 Å². The Balaban J connectivity index is 1.96. The molecule has 1 aromatic carbocycles. The van der Waals surface area contributed by atoms with Crippen molar-refractivity contribution in [3.05, 3.63) is 29.8 Å². The van der Waals surface area contributed by atoms with Crippen LogP contribution in [-0.2, 0) is 14.3 Å². The molecule has 8 heteroatoms. The fourth-order valence-electron chi connectivity index (χ4n) is 3.36. The number of hydrogen-bond acceptors (Lipinski definition) is 5. The molecule has 1 fully saturated rings. The lowest BCUT2D eigenvalue weighted by Gasteiger charge is -2.28. The average molecular weight is 392 g/mol. The second-order valence-corrected chi connectivity index (χ2v) is 6.78. The van der Waals surface area contributed by atoms with Crippen molar-refractivity contribution in [2.45, 2.75) is 32.2 Å². The zero-order chi connectivity index (χ0) is 20.5. The van der Waals surface area contributed by atoms with Crippen molar-refractivity contribution in [3.63, 3.8) is 0 Å². The number of hydrogen-bond donors (Lipinski definition) is 1. The fourth-order valence-corrected chi connectivity index (χ4v) is 3.36. The molecular formula is C20H28N2O6. The minimum atomic E-state index is -1.03. The van der Waals surface area contributed by atoms with Crippen LogP contribution in [0.15, 0.2) is 24.3 Å². The van der Waals surface area contributed by atoms with Gasteiger partial charge in [0.1, 0.15) is 18.9 Å². The lowest BCUT2D eigenvalue weighted by Crippen LogP contribution is -2.43. The number of aliphatic carboxylic acids is 1. The molecule has 0 saturated carbocycles. The number of amides is 2. The van der Waals surface area contributed by atoms with Gasteiger partial charge >= 0.3 is 5.97 Å². The highest BCUT2D eigenvalue weighted by Gasteiger charge is 2.27. The molecule has 1 atom stereocenters. The Labute approximate surface area is 165 Å². The summed E-state index contributed by atoms with van der Waals surface area (Å²) in [6.45, 7) is 3.08. The molecule has 1 saturated heterocycles. The number of likely N-dealkylation sites (tertiary alicyclic amines) is 1. The molecule has 1 aromatic rings. The number of methoxy groups -OCH3 is 1. The zero-order valence-electron chi connectivity index (χ0n) is 16.4. The summed E-state index contributed by atoms with van der Waals surface area (Å²) in [6.07, 6.45) is 1.97. The summed E-state index contributed by atoms with van der Waals surface area (Å²) in [5, 5.41) is 9.04. The molecule has 2 rings (SSSR count). The second-order valence-electron chi connectivity index (χ2n) is 6.78. The Morgan fingerprint density at radius 3 is 2.46 bits per heavy atom. The van der Waals surface area contributed by atoms with Gasteiger partial charge in [-0.2, -0.15) is 0 Å². The third kappa shape index (κ3) is 6.23. The number of nitrogens with zero attached hydrogens (tertiary/aromatic N) is 2. The Bertz CT molecular complexity index is 676. The Morgan fingerprint density at radius 2 is 1.86 bits per heavy atom. The summed E-state index contributed by atoms with van der Waals surface area (Å²) >= 11 is 0. The molecule has 0 radical (unpaired) electrons. The van der Waals surface area contributed by atoms with Gasteiger partial charge in [0, 0.05) is 38.7 Å². The van der Waals surface area contributed by atoms with E-state index in [1.54, 1.807) is 36.3 Å². The van der Waals surface area contributed by atoms with E-state index in [1.807, 2.05) is 0 Å². The highest BCUT2D eigenvalue weighted by atomic mass is 16.5. The molecule has 28 heavy (non-hydrogen) atoms. The molecule has 0 spiro atoms. The molecule has 0 aliphatic carbocycles. The van der Waals surface area contributed by atoms with E-state index >= 15 is 0 Å². The van der Waals surface area contributed by atoms with Crippen LogP contribution in [0.1, 0.15) is 36.5 Å². The van der Waals surface area contributed by atoms with E-state index in [-0.39, 0.29) is 24.4 Å². The van der Waals surface area contributed by atoms with Crippen LogP contribution >= 0.6 is 0 Å². The van der Waals surface area contributed by atoms with Crippen LogP contribution < -0.4 is 4.74 Å². The summed E-state index contributed by atoms with van der Waals surface area (Å²) < 4.78 is 10.4. The SMILES string of the molecule is COCCOc1ccc(C(=O)N2CCCC(N(CC(=O)O)C(C)=O)CC2)cc1. The number of benzene rings is 1. The van der Waals surface area contributed by atoms with Gasteiger partial charge in [-0.25, -0.2) is 0 Å². The van der Waals surface area contributed by atoms with Gasteiger partial charge in [0.25, 0.3) is 5.91 Å². The third-order valence-electron chi connectivity index (χ3n) is 4.79. The lowest BCUT2D eigenvalue weighted by atomic mass is 10.1. The third-order valence-corrected chi connectivity index (χ3v) is 4.79. The molecule has 154 valence electrons. The van der Waals surface area contributed by atoms with Gasteiger partial charge in [-0.3, -0.25) is 14.4 Å². The van der Waals surface area contributed by atoms with Gasteiger partial charge in [0.2, 0.25) is 5.91 Å². The molecule has 1 aliphatic rings. The van der Waals surface area contributed by atoms with Crippen molar-refractivity contribution >= 4 is 17.8 Å². The number of rotatable bonds is 8. The van der Waals surface area contributed by atoms with Crippen LogP contribution in [0, 0.1) is 0 Å². The number of carbonyl (C=O) groups is 3. The Kier molecular flexibility index (Phi) is 8.25. The maximum absolute atomic E-state index is 12.8. The molecular weight excluding hydrogens is 364 g/mol. The monoisotopic (exact) mass is 392 g/mol. The average Bonchev–Trinajstić information content (AvgIpc) is 2.92. The highest BCUT2D eigenvalue weighted by molar-refractivity contribution is 5.94. The molecule has 1 unspecified atom stereocenters. The van der Waals surface area contributed by atoms with E-state index in [0.717, 1.165) is 6.42 Å². The van der Waals surface area contributed by atoms with E-state index in [1.165, 1.54) is 11.8 Å². The number of carbonyl (C=O) groups excluding carboxylic acids is 2.